The molecule has 0 aliphatic carbocycles. The van der Waals surface area contributed by atoms with Crippen LogP contribution in [0.25, 0.3) is 21.8 Å². The van der Waals surface area contributed by atoms with Crippen molar-refractivity contribution in [3.05, 3.63) is 150 Å². The molecule has 48 heavy (non-hydrogen) atoms. The molecule has 2 aliphatic rings. The second-order valence-corrected chi connectivity index (χ2v) is 14.4. The number of pyridine rings is 1. The minimum absolute atomic E-state index is 0.0115. The summed E-state index contributed by atoms with van der Waals surface area (Å²) < 4.78 is 6.19. The number of rotatable bonds is 6. The van der Waals surface area contributed by atoms with Gasteiger partial charge in [0.2, 0.25) is 0 Å². The number of para-hydroxylation sites is 2. The molecule has 0 bridgehead atoms. The summed E-state index contributed by atoms with van der Waals surface area (Å²) >= 11 is 0. The van der Waals surface area contributed by atoms with Crippen LogP contribution in [0.1, 0.15) is 67.6 Å². The Morgan fingerprint density at radius 2 is 1.44 bits per heavy atom. The lowest BCUT2D eigenvalue weighted by Gasteiger charge is -2.34. The standard InChI is InChI=1S/C42H39N5O/c1-41(2)32-14-8-10-16-34(32)46-39(41)30-22-44-36-24-45-38(21-29(30)36)47-37-17-11-9-15-33(37)42(3,4)40(47)31-23-43-35-20-27(18-19-28(31)35)48-25-26-12-6-5-7-13-26/h5-24,39-40,43-44,46H,25H2,1-4H3. The number of nitrogens with zero attached hydrogens (tertiary/aromatic N) is 2. The van der Waals surface area contributed by atoms with E-state index in [9.17, 15) is 0 Å². The predicted octanol–water partition coefficient (Wildman–Crippen LogP) is 10.2. The lowest BCUT2D eigenvalue weighted by Crippen LogP contribution is -2.31. The van der Waals surface area contributed by atoms with Gasteiger partial charge in [-0.1, -0.05) is 94.4 Å². The summed E-state index contributed by atoms with van der Waals surface area (Å²) in [7, 11) is 0. The molecule has 2 unspecified atom stereocenters. The van der Waals surface area contributed by atoms with Gasteiger partial charge in [-0.25, -0.2) is 4.98 Å². The maximum Gasteiger partial charge on any atom is 0.134 e. The summed E-state index contributed by atoms with van der Waals surface area (Å²) in [6.45, 7) is 9.92. The van der Waals surface area contributed by atoms with Crippen LogP contribution < -0.4 is 15.0 Å². The fraction of sp³-hybridized carbons (Fsp3) is 0.214. The first-order chi connectivity index (χ1) is 23.3. The van der Waals surface area contributed by atoms with Crippen LogP contribution >= 0.6 is 0 Å². The highest BCUT2D eigenvalue weighted by Crippen LogP contribution is 2.57. The smallest absolute Gasteiger partial charge is 0.134 e. The summed E-state index contributed by atoms with van der Waals surface area (Å²) in [6, 6.07) is 36.6. The zero-order valence-corrected chi connectivity index (χ0v) is 27.7. The summed E-state index contributed by atoms with van der Waals surface area (Å²) in [5, 5.41) is 6.23. The van der Waals surface area contributed by atoms with E-state index in [1.807, 2.05) is 24.4 Å². The zero-order valence-electron chi connectivity index (χ0n) is 27.7. The van der Waals surface area contributed by atoms with E-state index in [0.717, 1.165) is 28.2 Å². The van der Waals surface area contributed by atoms with E-state index in [1.54, 1.807) is 0 Å². The highest BCUT2D eigenvalue weighted by molar-refractivity contribution is 5.90. The molecule has 0 fully saturated rings. The van der Waals surface area contributed by atoms with Crippen molar-refractivity contribution >= 4 is 39.0 Å². The maximum atomic E-state index is 6.19. The van der Waals surface area contributed by atoms with Crippen molar-refractivity contribution in [2.75, 3.05) is 10.2 Å². The summed E-state index contributed by atoms with van der Waals surface area (Å²) in [6.07, 6.45) is 6.34. The molecule has 0 radical (unpaired) electrons. The highest BCUT2D eigenvalue weighted by atomic mass is 16.5. The van der Waals surface area contributed by atoms with E-state index in [2.05, 4.69) is 145 Å². The average molecular weight is 630 g/mol. The lowest BCUT2D eigenvalue weighted by molar-refractivity contribution is 0.306. The second kappa shape index (κ2) is 10.5. The Hall–Kier alpha value is -5.49. The second-order valence-electron chi connectivity index (χ2n) is 14.4. The van der Waals surface area contributed by atoms with E-state index in [-0.39, 0.29) is 22.9 Å². The number of nitrogens with one attached hydrogen (secondary N) is 3. The highest BCUT2D eigenvalue weighted by Gasteiger charge is 2.47. The molecular weight excluding hydrogens is 590 g/mol. The van der Waals surface area contributed by atoms with E-state index in [4.69, 9.17) is 9.72 Å². The predicted molar refractivity (Wildman–Crippen MR) is 195 cm³/mol. The van der Waals surface area contributed by atoms with Crippen molar-refractivity contribution in [3.8, 4) is 5.75 Å². The average Bonchev–Trinajstić information content (AvgIpc) is 3.84. The van der Waals surface area contributed by atoms with Crippen molar-refractivity contribution in [3.63, 3.8) is 0 Å². The number of hydrogen-bond donors (Lipinski definition) is 3. The molecule has 2 atom stereocenters. The van der Waals surface area contributed by atoms with Crippen molar-refractivity contribution in [1.82, 2.24) is 15.0 Å². The molecule has 4 aromatic carbocycles. The van der Waals surface area contributed by atoms with Crippen LogP contribution in [-0.4, -0.2) is 15.0 Å². The molecule has 2 aliphatic heterocycles. The van der Waals surface area contributed by atoms with Crippen LogP contribution in [-0.2, 0) is 17.4 Å². The fourth-order valence-corrected chi connectivity index (χ4v) is 8.34. The molecule has 6 heteroatoms. The number of anilines is 3. The minimum atomic E-state index is -0.192. The Bertz CT molecular complexity index is 2310. The molecule has 3 N–H and O–H groups in total. The number of fused-ring (bicyclic) bond motifs is 4. The minimum Gasteiger partial charge on any atom is -0.489 e. The van der Waals surface area contributed by atoms with E-state index >= 15 is 0 Å². The van der Waals surface area contributed by atoms with Gasteiger partial charge in [-0.05, 0) is 47.0 Å². The van der Waals surface area contributed by atoms with Crippen LogP contribution in [0.2, 0.25) is 0 Å². The molecule has 9 rings (SSSR count). The number of hydrogen-bond acceptors (Lipinski definition) is 4. The Kier molecular flexibility index (Phi) is 6.29. The Morgan fingerprint density at radius 3 is 2.27 bits per heavy atom. The largest absolute Gasteiger partial charge is 0.489 e. The van der Waals surface area contributed by atoms with Gasteiger partial charge in [-0.15, -0.1) is 0 Å². The first-order valence-electron chi connectivity index (χ1n) is 16.8. The van der Waals surface area contributed by atoms with Gasteiger partial charge >= 0.3 is 0 Å². The van der Waals surface area contributed by atoms with Gasteiger partial charge in [0, 0.05) is 68.1 Å². The monoisotopic (exact) mass is 629 g/mol. The van der Waals surface area contributed by atoms with Crippen molar-refractivity contribution in [1.29, 1.82) is 0 Å². The fourth-order valence-electron chi connectivity index (χ4n) is 8.34. The molecule has 238 valence electrons. The number of aromatic nitrogens is 3. The van der Waals surface area contributed by atoms with Crippen molar-refractivity contribution < 1.29 is 4.74 Å². The van der Waals surface area contributed by atoms with Crippen molar-refractivity contribution in [2.24, 2.45) is 0 Å². The molecular formula is C42H39N5O. The van der Waals surface area contributed by atoms with E-state index < -0.39 is 0 Å². The third-order valence-electron chi connectivity index (χ3n) is 10.8. The van der Waals surface area contributed by atoms with Crippen LogP contribution in [0.4, 0.5) is 17.2 Å². The van der Waals surface area contributed by atoms with E-state index in [1.165, 1.54) is 44.4 Å². The van der Waals surface area contributed by atoms with Crippen LogP contribution in [0.3, 0.4) is 0 Å². The Morgan fingerprint density at radius 1 is 0.708 bits per heavy atom. The summed E-state index contributed by atoms with van der Waals surface area (Å²) in [5.41, 5.74) is 10.6. The van der Waals surface area contributed by atoms with Crippen molar-refractivity contribution in [2.45, 2.75) is 57.2 Å². The van der Waals surface area contributed by atoms with Gasteiger partial charge in [0.15, 0.2) is 0 Å². The molecule has 0 spiro atoms. The van der Waals surface area contributed by atoms with Crippen LogP contribution in [0.15, 0.2) is 122 Å². The number of aromatic amines is 2. The summed E-state index contributed by atoms with van der Waals surface area (Å²) in [5.74, 6) is 1.79. The molecule has 5 heterocycles. The molecule has 3 aromatic heterocycles. The lowest BCUT2D eigenvalue weighted by atomic mass is 9.77. The molecule has 7 aromatic rings. The zero-order chi connectivity index (χ0) is 32.6. The third kappa shape index (κ3) is 4.28. The van der Waals surface area contributed by atoms with Gasteiger partial charge in [-0.3, -0.25) is 0 Å². The van der Waals surface area contributed by atoms with Crippen LogP contribution in [0.5, 0.6) is 5.75 Å². The first kappa shape index (κ1) is 28.7. The van der Waals surface area contributed by atoms with Crippen LogP contribution in [0, 0.1) is 0 Å². The Labute approximate surface area is 280 Å². The van der Waals surface area contributed by atoms with Gasteiger partial charge in [0.25, 0.3) is 0 Å². The van der Waals surface area contributed by atoms with Gasteiger partial charge in [0.1, 0.15) is 18.2 Å². The molecule has 6 nitrogen and oxygen atoms in total. The maximum absolute atomic E-state index is 6.19. The summed E-state index contributed by atoms with van der Waals surface area (Å²) in [4.78, 5) is 14.7. The van der Waals surface area contributed by atoms with E-state index in [0.29, 0.717) is 6.61 Å². The number of ether oxygens (including phenoxy) is 1. The van der Waals surface area contributed by atoms with Gasteiger partial charge in [-0.2, -0.15) is 0 Å². The number of benzene rings is 4. The molecule has 0 saturated heterocycles. The molecule has 0 amide bonds. The normalized spacial score (nSPS) is 19.0. The topological polar surface area (TPSA) is 69.0 Å². The Balaban J connectivity index is 1.13. The first-order valence-corrected chi connectivity index (χ1v) is 16.8. The quantitative estimate of drug-likeness (QED) is 0.171. The molecule has 0 saturated carbocycles. The number of H-pyrrole nitrogens is 2. The van der Waals surface area contributed by atoms with Gasteiger partial charge in [0.05, 0.1) is 23.8 Å². The third-order valence-corrected chi connectivity index (χ3v) is 10.8. The SMILES string of the molecule is CC1(C)c2ccccc2NC1c1c[nH]c2cnc(N3c4ccccc4C(C)(C)C3c3c[nH]c4cc(OCc5ccccc5)ccc34)cc12. The van der Waals surface area contributed by atoms with Gasteiger partial charge < -0.3 is 24.9 Å².